The lowest BCUT2D eigenvalue weighted by Gasteiger charge is -2.24. The largest absolute Gasteiger partial charge is 0.397 e. The number of nitrogens with zero attached hydrogens (tertiary/aromatic N) is 2. The van der Waals surface area contributed by atoms with E-state index in [0.29, 0.717) is 10.6 Å². The third-order valence-corrected chi connectivity index (χ3v) is 4.41. The average Bonchev–Trinajstić information content (AvgIpc) is 3.07. The van der Waals surface area contributed by atoms with Crippen molar-refractivity contribution >= 4 is 22.9 Å². The van der Waals surface area contributed by atoms with Gasteiger partial charge in [-0.1, -0.05) is 0 Å². The van der Waals surface area contributed by atoms with Gasteiger partial charge in [0.15, 0.2) is 0 Å². The number of rotatable bonds is 2. The highest BCUT2D eigenvalue weighted by molar-refractivity contribution is 7.12. The maximum atomic E-state index is 12.6. The van der Waals surface area contributed by atoms with E-state index in [1.807, 2.05) is 22.4 Å². The van der Waals surface area contributed by atoms with Crippen molar-refractivity contribution in [2.45, 2.75) is 18.9 Å². The van der Waals surface area contributed by atoms with Gasteiger partial charge in [-0.25, -0.2) is 0 Å². The van der Waals surface area contributed by atoms with Crippen molar-refractivity contribution < 1.29 is 4.79 Å². The van der Waals surface area contributed by atoms with Gasteiger partial charge in [-0.05, 0) is 42.0 Å². The molecule has 0 saturated carbocycles. The topological polar surface area (TPSA) is 59.2 Å². The molecule has 2 aromatic rings. The second kappa shape index (κ2) is 5.01. The molecule has 3 rings (SSSR count). The van der Waals surface area contributed by atoms with Crippen molar-refractivity contribution in [2.24, 2.45) is 0 Å². The lowest BCUT2D eigenvalue weighted by Crippen LogP contribution is -2.30. The van der Waals surface area contributed by atoms with Crippen LogP contribution in [0.2, 0.25) is 0 Å². The number of carbonyl (C=O) groups is 1. The van der Waals surface area contributed by atoms with Crippen LogP contribution in [0.3, 0.4) is 0 Å². The molecule has 4 nitrogen and oxygen atoms in total. The first-order valence-electron chi connectivity index (χ1n) is 6.31. The summed E-state index contributed by atoms with van der Waals surface area (Å²) < 4.78 is 0. The number of carbonyl (C=O) groups excluding carboxylic acids is 1. The van der Waals surface area contributed by atoms with Gasteiger partial charge in [0.05, 0.1) is 11.7 Å². The van der Waals surface area contributed by atoms with E-state index < -0.39 is 0 Å². The molecule has 98 valence electrons. The minimum atomic E-state index is 0.0480. The van der Waals surface area contributed by atoms with E-state index in [-0.39, 0.29) is 11.9 Å². The van der Waals surface area contributed by atoms with E-state index in [1.165, 1.54) is 11.3 Å². The number of nitrogens with two attached hydrogens (primary N) is 1. The van der Waals surface area contributed by atoms with E-state index in [9.17, 15) is 4.79 Å². The summed E-state index contributed by atoms with van der Waals surface area (Å²) in [6.07, 6.45) is 5.58. The normalized spacial score (nSPS) is 18.7. The first kappa shape index (κ1) is 12.2. The fraction of sp³-hybridized carbons (Fsp3) is 0.286. The molecule has 5 heteroatoms. The molecular formula is C14H15N3OS. The highest BCUT2D eigenvalue weighted by Crippen LogP contribution is 2.34. The van der Waals surface area contributed by atoms with Crippen LogP contribution in [0.4, 0.5) is 5.69 Å². The van der Waals surface area contributed by atoms with Crippen molar-refractivity contribution in [1.82, 2.24) is 9.88 Å². The van der Waals surface area contributed by atoms with Crippen LogP contribution < -0.4 is 5.73 Å². The molecule has 0 bridgehead atoms. The maximum absolute atomic E-state index is 12.6. The van der Waals surface area contributed by atoms with Crippen molar-refractivity contribution in [1.29, 1.82) is 0 Å². The molecule has 19 heavy (non-hydrogen) atoms. The Morgan fingerprint density at radius 2 is 2.16 bits per heavy atom. The number of nitrogen functional groups attached to an aromatic ring is 1. The third kappa shape index (κ3) is 2.21. The van der Waals surface area contributed by atoms with Gasteiger partial charge >= 0.3 is 0 Å². The van der Waals surface area contributed by atoms with Gasteiger partial charge in [0.2, 0.25) is 0 Å². The number of amides is 1. The van der Waals surface area contributed by atoms with Gasteiger partial charge in [-0.3, -0.25) is 9.78 Å². The lowest BCUT2D eigenvalue weighted by molar-refractivity contribution is 0.0741. The summed E-state index contributed by atoms with van der Waals surface area (Å²) in [6.45, 7) is 0.795. The SMILES string of the molecule is Nc1ccsc1C(=O)N1CCCC1c1ccncc1. The predicted octanol–water partition coefficient (Wildman–Crippen LogP) is 2.70. The van der Waals surface area contributed by atoms with Crippen molar-refractivity contribution in [2.75, 3.05) is 12.3 Å². The highest BCUT2D eigenvalue weighted by atomic mass is 32.1. The van der Waals surface area contributed by atoms with Gasteiger partial charge < -0.3 is 10.6 Å². The van der Waals surface area contributed by atoms with Gasteiger partial charge in [-0.2, -0.15) is 0 Å². The van der Waals surface area contributed by atoms with E-state index in [4.69, 9.17) is 5.73 Å². The number of thiophene rings is 1. The number of aromatic nitrogens is 1. The summed E-state index contributed by atoms with van der Waals surface area (Å²) in [5.41, 5.74) is 7.57. The Kier molecular flexibility index (Phi) is 3.21. The Balaban J connectivity index is 1.88. The molecule has 0 radical (unpaired) electrons. The van der Waals surface area contributed by atoms with Crippen LogP contribution in [0.1, 0.15) is 34.1 Å². The third-order valence-electron chi connectivity index (χ3n) is 3.49. The zero-order valence-electron chi connectivity index (χ0n) is 10.5. The number of anilines is 1. The first-order chi connectivity index (χ1) is 9.27. The smallest absolute Gasteiger partial charge is 0.266 e. The molecule has 2 aromatic heterocycles. The Bertz CT molecular complexity index is 581. The Morgan fingerprint density at radius 1 is 1.37 bits per heavy atom. The Hall–Kier alpha value is -1.88. The number of hydrogen-bond acceptors (Lipinski definition) is 4. The zero-order chi connectivity index (χ0) is 13.2. The number of pyridine rings is 1. The second-order valence-corrected chi connectivity index (χ2v) is 5.56. The van der Waals surface area contributed by atoms with Crippen LogP contribution in [0, 0.1) is 0 Å². The summed E-state index contributed by atoms with van der Waals surface area (Å²) in [5, 5.41) is 1.86. The van der Waals surface area contributed by atoms with Gasteiger partial charge in [0.1, 0.15) is 4.88 Å². The molecule has 2 N–H and O–H groups in total. The predicted molar refractivity (Wildman–Crippen MR) is 76.0 cm³/mol. The fourth-order valence-corrected chi connectivity index (χ4v) is 3.34. The summed E-state index contributed by atoms with van der Waals surface area (Å²) in [4.78, 5) is 19.2. The van der Waals surface area contributed by atoms with Crippen LogP contribution in [-0.2, 0) is 0 Å². The molecule has 1 aliphatic rings. The lowest BCUT2D eigenvalue weighted by atomic mass is 10.1. The van der Waals surface area contributed by atoms with Crippen LogP contribution in [0.5, 0.6) is 0 Å². The van der Waals surface area contributed by atoms with E-state index in [1.54, 1.807) is 18.5 Å². The molecule has 1 amide bonds. The van der Waals surface area contributed by atoms with Crippen LogP contribution in [-0.4, -0.2) is 22.3 Å². The monoisotopic (exact) mass is 273 g/mol. The Labute approximate surface area is 115 Å². The molecule has 0 aliphatic carbocycles. The van der Waals surface area contributed by atoms with Gasteiger partial charge in [0.25, 0.3) is 5.91 Å². The minimum Gasteiger partial charge on any atom is -0.397 e. The Morgan fingerprint density at radius 3 is 2.84 bits per heavy atom. The van der Waals surface area contributed by atoms with Gasteiger partial charge in [-0.15, -0.1) is 11.3 Å². The molecular weight excluding hydrogens is 258 g/mol. The van der Waals surface area contributed by atoms with Crippen LogP contribution >= 0.6 is 11.3 Å². The fourth-order valence-electron chi connectivity index (χ4n) is 2.57. The average molecular weight is 273 g/mol. The second-order valence-electron chi connectivity index (χ2n) is 4.64. The van der Waals surface area contributed by atoms with Crippen molar-refractivity contribution in [3.63, 3.8) is 0 Å². The standard InChI is InChI=1S/C14H15N3OS/c15-11-5-9-19-13(11)14(18)17-8-1-2-12(17)10-3-6-16-7-4-10/h3-7,9,12H,1-2,8,15H2. The molecule has 3 heterocycles. The molecule has 0 spiro atoms. The molecule has 0 aromatic carbocycles. The molecule has 1 atom stereocenters. The molecule has 1 aliphatic heterocycles. The zero-order valence-corrected chi connectivity index (χ0v) is 11.3. The van der Waals surface area contributed by atoms with E-state index in [0.717, 1.165) is 24.9 Å². The van der Waals surface area contributed by atoms with Gasteiger partial charge in [0, 0.05) is 18.9 Å². The van der Waals surface area contributed by atoms with Crippen LogP contribution in [0.25, 0.3) is 0 Å². The number of hydrogen-bond donors (Lipinski definition) is 1. The summed E-state index contributed by atoms with van der Waals surface area (Å²) in [5.74, 6) is 0.0480. The molecule has 1 unspecified atom stereocenters. The van der Waals surface area contributed by atoms with Crippen molar-refractivity contribution in [3.05, 3.63) is 46.4 Å². The summed E-state index contributed by atoms with van der Waals surface area (Å²) >= 11 is 1.41. The van der Waals surface area contributed by atoms with E-state index in [2.05, 4.69) is 4.98 Å². The molecule has 1 saturated heterocycles. The first-order valence-corrected chi connectivity index (χ1v) is 7.19. The molecule has 1 fully saturated rings. The highest BCUT2D eigenvalue weighted by Gasteiger charge is 2.31. The maximum Gasteiger partial charge on any atom is 0.266 e. The van der Waals surface area contributed by atoms with Crippen LogP contribution in [0.15, 0.2) is 36.0 Å². The van der Waals surface area contributed by atoms with E-state index >= 15 is 0 Å². The van der Waals surface area contributed by atoms with Crippen molar-refractivity contribution in [3.8, 4) is 0 Å². The quantitative estimate of drug-likeness (QED) is 0.915. The summed E-state index contributed by atoms with van der Waals surface area (Å²) in [7, 11) is 0. The summed E-state index contributed by atoms with van der Waals surface area (Å²) in [6, 6.07) is 5.90. The minimum absolute atomic E-state index is 0.0480. The number of likely N-dealkylation sites (tertiary alicyclic amines) is 1.